The molecule has 2 nitrogen and oxygen atoms in total. The highest BCUT2D eigenvalue weighted by molar-refractivity contribution is 6.03. The van der Waals surface area contributed by atoms with Gasteiger partial charge in [0.1, 0.15) is 11.4 Å². The average molecular weight is 507 g/mol. The van der Waals surface area contributed by atoms with Crippen molar-refractivity contribution in [2.75, 3.05) is 0 Å². The Morgan fingerprint density at radius 1 is 0.342 bits per heavy atom. The molecule has 6 heteroatoms. The molecule has 0 atom stereocenters. The standard InChI is InChI=1S/C32H18F4N2/c33-27-25-26(28(34)30(36)29(27)35)32(24-16-8-14-22(18-24)20-11-5-2-6-12-20)38-37-31(25)23-15-7-13-21(17-23)19-9-3-1-4-10-19/h1-18H. The summed E-state index contributed by atoms with van der Waals surface area (Å²) in [7, 11) is 0. The molecule has 0 unspecified atom stereocenters. The summed E-state index contributed by atoms with van der Waals surface area (Å²) in [5.41, 5.74) is 3.97. The maximum Gasteiger partial charge on any atom is 0.198 e. The van der Waals surface area contributed by atoms with Crippen molar-refractivity contribution in [3.05, 3.63) is 132 Å². The Labute approximate surface area is 215 Å². The summed E-state index contributed by atoms with van der Waals surface area (Å²) >= 11 is 0. The molecule has 0 bridgehead atoms. The van der Waals surface area contributed by atoms with Crippen LogP contribution in [0.2, 0.25) is 0 Å². The lowest BCUT2D eigenvalue weighted by atomic mass is 9.95. The van der Waals surface area contributed by atoms with Crippen molar-refractivity contribution in [1.82, 2.24) is 10.2 Å². The first-order valence-corrected chi connectivity index (χ1v) is 11.9. The molecular weight excluding hydrogens is 488 g/mol. The number of aromatic nitrogens is 2. The van der Waals surface area contributed by atoms with Gasteiger partial charge in [0.15, 0.2) is 23.3 Å². The molecular formula is C32H18F4N2. The highest BCUT2D eigenvalue weighted by Gasteiger charge is 2.27. The first kappa shape index (κ1) is 23.6. The summed E-state index contributed by atoms with van der Waals surface area (Å²) in [4.78, 5) is 0. The fourth-order valence-corrected chi connectivity index (χ4v) is 4.63. The van der Waals surface area contributed by atoms with E-state index in [4.69, 9.17) is 0 Å². The monoisotopic (exact) mass is 506 g/mol. The van der Waals surface area contributed by atoms with E-state index in [1.54, 1.807) is 36.4 Å². The van der Waals surface area contributed by atoms with Gasteiger partial charge in [-0.2, -0.15) is 0 Å². The first-order valence-electron chi connectivity index (χ1n) is 11.9. The van der Waals surface area contributed by atoms with Crippen LogP contribution in [0.3, 0.4) is 0 Å². The molecule has 0 aliphatic rings. The van der Waals surface area contributed by atoms with E-state index >= 15 is 8.78 Å². The van der Waals surface area contributed by atoms with Crippen molar-refractivity contribution in [3.63, 3.8) is 0 Å². The second-order valence-corrected chi connectivity index (χ2v) is 8.80. The smallest absolute Gasteiger partial charge is 0.198 e. The van der Waals surface area contributed by atoms with Gasteiger partial charge in [-0.25, -0.2) is 17.6 Å². The molecule has 0 fully saturated rings. The van der Waals surface area contributed by atoms with Gasteiger partial charge in [0.25, 0.3) is 0 Å². The van der Waals surface area contributed by atoms with E-state index in [0.717, 1.165) is 22.3 Å². The van der Waals surface area contributed by atoms with Crippen molar-refractivity contribution >= 4 is 10.8 Å². The molecule has 5 aromatic carbocycles. The molecule has 0 radical (unpaired) electrons. The van der Waals surface area contributed by atoms with Crippen molar-refractivity contribution in [1.29, 1.82) is 0 Å². The Bertz CT molecular complexity index is 1670. The predicted octanol–water partition coefficient (Wildman–Crippen LogP) is 8.85. The van der Waals surface area contributed by atoms with E-state index in [1.807, 2.05) is 72.8 Å². The van der Waals surface area contributed by atoms with E-state index in [0.29, 0.717) is 11.1 Å². The Morgan fingerprint density at radius 3 is 1.08 bits per heavy atom. The van der Waals surface area contributed by atoms with Crippen LogP contribution in [-0.2, 0) is 0 Å². The normalized spacial score (nSPS) is 11.2. The molecule has 6 aromatic rings. The summed E-state index contributed by atoms with van der Waals surface area (Å²) in [5, 5.41) is 7.49. The summed E-state index contributed by atoms with van der Waals surface area (Å²) in [6.07, 6.45) is 0. The van der Waals surface area contributed by atoms with Crippen LogP contribution in [0.1, 0.15) is 0 Å². The second-order valence-electron chi connectivity index (χ2n) is 8.80. The predicted molar refractivity (Wildman–Crippen MR) is 141 cm³/mol. The third-order valence-corrected chi connectivity index (χ3v) is 6.48. The molecule has 6 rings (SSSR count). The van der Waals surface area contributed by atoms with E-state index in [2.05, 4.69) is 10.2 Å². The Morgan fingerprint density at radius 2 is 0.684 bits per heavy atom. The van der Waals surface area contributed by atoms with Crippen LogP contribution in [0.4, 0.5) is 17.6 Å². The zero-order chi connectivity index (χ0) is 26.2. The zero-order valence-electron chi connectivity index (χ0n) is 19.8. The Hall–Kier alpha value is -4.84. The van der Waals surface area contributed by atoms with Crippen molar-refractivity contribution < 1.29 is 17.6 Å². The topological polar surface area (TPSA) is 25.8 Å². The minimum atomic E-state index is -1.90. The van der Waals surface area contributed by atoms with Crippen molar-refractivity contribution in [3.8, 4) is 44.8 Å². The maximum absolute atomic E-state index is 15.4. The van der Waals surface area contributed by atoms with Crippen LogP contribution in [0.15, 0.2) is 109 Å². The molecule has 1 aromatic heterocycles. The van der Waals surface area contributed by atoms with Crippen LogP contribution in [0, 0.1) is 23.3 Å². The van der Waals surface area contributed by atoms with E-state index in [9.17, 15) is 8.78 Å². The number of halogens is 4. The SMILES string of the molecule is Fc1c(F)c(F)c2c(-c3cccc(-c4ccccc4)c3)nnc(-c3cccc(-c4ccccc4)c3)c2c1F. The van der Waals surface area contributed by atoms with Gasteiger partial charge in [0, 0.05) is 11.1 Å². The average Bonchev–Trinajstić information content (AvgIpc) is 2.99. The minimum Gasteiger partial charge on any atom is -0.203 e. The first-order chi connectivity index (χ1) is 18.5. The van der Waals surface area contributed by atoms with Gasteiger partial charge in [0.2, 0.25) is 0 Å². The molecule has 1 heterocycles. The fraction of sp³-hybridized carbons (Fsp3) is 0. The highest BCUT2D eigenvalue weighted by Crippen LogP contribution is 2.39. The van der Waals surface area contributed by atoms with Gasteiger partial charge in [-0.3, -0.25) is 0 Å². The maximum atomic E-state index is 15.4. The van der Waals surface area contributed by atoms with Gasteiger partial charge < -0.3 is 0 Å². The van der Waals surface area contributed by atoms with Gasteiger partial charge >= 0.3 is 0 Å². The molecule has 0 spiro atoms. The van der Waals surface area contributed by atoms with Crippen molar-refractivity contribution in [2.24, 2.45) is 0 Å². The number of rotatable bonds is 4. The number of hydrogen-bond donors (Lipinski definition) is 0. The molecule has 0 amide bonds. The number of nitrogens with zero attached hydrogens (tertiary/aromatic N) is 2. The van der Waals surface area contributed by atoms with Crippen LogP contribution in [0.25, 0.3) is 55.5 Å². The molecule has 0 saturated heterocycles. The lowest BCUT2D eigenvalue weighted by molar-refractivity contribution is 0.418. The van der Waals surface area contributed by atoms with Gasteiger partial charge in [0.05, 0.1) is 10.8 Å². The van der Waals surface area contributed by atoms with Gasteiger partial charge in [-0.05, 0) is 34.4 Å². The third-order valence-electron chi connectivity index (χ3n) is 6.48. The Kier molecular flexibility index (Phi) is 5.92. The second kappa shape index (κ2) is 9.56. The fourth-order valence-electron chi connectivity index (χ4n) is 4.63. The lowest BCUT2D eigenvalue weighted by Crippen LogP contribution is -2.04. The third kappa shape index (κ3) is 4.00. The summed E-state index contributed by atoms with van der Waals surface area (Å²) in [5.74, 6) is -6.83. The number of fused-ring (bicyclic) bond motifs is 1. The molecule has 0 saturated carbocycles. The van der Waals surface area contributed by atoms with Crippen LogP contribution in [-0.4, -0.2) is 10.2 Å². The molecule has 38 heavy (non-hydrogen) atoms. The van der Waals surface area contributed by atoms with Gasteiger partial charge in [-0.15, -0.1) is 10.2 Å². The van der Waals surface area contributed by atoms with Crippen LogP contribution in [0.5, 0.6) is 0 Å². The van der Waals surface area contributed by atoms with E-state index in [1.165, 1.54) is 0 Å². The number of hydrogen-bond acceptors (Lipinski definition) is 2. The quantitative estimate of drug-likeness (QED) is 0.136. The summed E-state index contributed by atoms with van der Waals surface area (Å²) < 4.78 is 59.9. The number of benzene rings is 5. The summed E-state index contributed by atoms with van der Waals surface area (Å²) in [6.45, 7) is 0. The lowest BCUT2D eigenvalue weighted by Gasteiger charge is -2.14. The van der Waals surface area contributed by atoms with Gasteiger partial charge in [-0.1, -0.05) is 97.1 Å². The van der Waals surface area contributed by atoms with Crippen LogP contribution >= 0.6 is 0 Å². The van der Waals surface area contributed by atoms with Crippen molar-refractivity contribution in [2.45, 2.75) is 0 Å². The molecule has 0 N–H and O–H groups in total. The van der Waals surface area contributed by atoms with E-state index in [-0.39, 0.29) is 11.4 Å². The minimum absolute atomic E-state index is 0.0870. The van der Waals surface area contributed by atoms with E-state index < -0.39 is 34.0 Å². The highest BCUT2D eigenvalue weighted by atomic mass is 19.2. The Balaban J connectivity index is 1.61. The largest absolute Gasteiger partial charge is 0.203 e. The molecule has 184 valence electrons. The molecule has 0 aliphatic heterocycles. The molecule has 0 aliphatic carbocycles. The zero-order valence-corrected chi connectivity index (χ0v) is 19.8. The van der Waals surface area contributed by atoms with Crippen LogP contribution < -0.4 is 0 Å². The summed E-state index contributed by atoms with van der Waals surface area (Å²) in [6, 6.07) is 32.8.